The van der Waals surface area contributed by atoms with Gasteiger partial charge in [-0.05, 0) is 173 Å². The largest absolute Gasteiger partial charge is 0.384 e. The molecule has 0 bridgehead atoms. The Bertz CT molecular complexity index is 6310. The molecular weight excluding hydrogens is 1700 g/mol. The fourth-order valence-electron chi connectivity index (χ4n) is 18.3. The molecule has 32 heteroatoms. The number of ether oxygens (including phenoxy) is 1. The fourth-order valence-corrected chi connectivity index (χ4v) is 19.4. The molecule has 21 rings (SSSR count). The number of nitrogen functional groups attached to an aromatic ring is 6. The highest BCUT2D eigenvalue weighted by Crippen LogP contribution is 2.43. The minimum Gasteiger partial charge on any atom is -0.384 e. The van der Waals surface area contributed by atoms with Gasteiger partial charge in [-0.3, -0.25) is 0 Å². The van der Waals surface area contributed by atoms with E-state index in [0.29, 0.717) is 70.5 Å². The Kier molecular flexibility index (Phi) is 28.2. The van der Waals surface area contributed by atoms with E-state index in [1.807, 2.05) is 130 Å². The molecule has 652 valence electrons. The van der Waals surface area contributed by atoms with Gasteiger partial charge in [0.1, 0.15) is 41.0 Å². The highest BCUT2D eigenvalue weighted by Gasteiger charge is 2.31. The lowest BCUT2D eigenvalue weighted by Crippen LogP contribution is -2.15. The van der Waals surface area contributed by atoms with Gasteiger partial charge in [0.25, 0.3) is 0 Å². The first kappa shape index (κ1) is 88.1. The summed E-state index contributed by atoms with van der Waals surface area (Å²) in [6.07, 6.45) is 48.0. The Morgan fingerprint density at radius 1 is 0.416 bits per heavy atom. The molecule has 16 N–H and O–H groups in total. The number of hydrogen-bond acceptors (Lipinski definition) is 23. The van der Waals surface area contributed by atoms with Crippen LogP contribution in [0, 0.1) is 20.8 Å². The summed E-state index contributed by atoms with van der Waals surface area (Å²) in [7, 11) is 1.99. The molecule has 13 aromatic heterocycles. The Morgan fingerprint density at radius 3 is 1.34 bits per heavy atom. The van der Waals surface area contributed by atoms with Crippen LogP contribution < -0.4 is 45.9 Å². The second kappa shape index (κ2) is 40.0. The van der Waals surface area contributed by atoms with Crippen molar-refractivity contribution in [1.29, 1.82) is 0 Å². The van der Waals surface area contributed by atoms with Crippen LogP contribution in [-0.2, 0) is 21.4 Å². The van der Waals surface area contributed by atoms with Crippen LogP contribution in [0.1, 0.15) is 253 Å². The second-order valence-corrected chi connectivity index (χ2v) is 35.5. The lowest BCUT2D eigenvalue weighted by atomic mass is 9.87. The number of benzene rings is 2. The van der Waals surface area contributed by atoms with E-state index < -0.39 is 0 Å². The molecule has 6 fully saturated rings. The van der Waals surface area contributed by atoms with Gasteiger partial charge in [0.15, 0.2) is 33.9 Å². The van der Waals surface area contributed by atoms with Crippen LogP contribution >= 0.6 is 31.9 Å². The molecule has 125 heavy (non-hydrogen) atoms. The molecule has 14 heterocycles. The molecule has 3 unspecified atom stereocenters. The maximum Gasteiger partial charge on any atom is 0.373 e. The van der Waals surface area contributed by atoms with Crippen molar-refractivity contribution in [1.82, 2.24) is 92.2 Å². The average Bonchev–Trinajstić information content (AvgIpc) is 1.64. The van der Waals surface area contributed by atoms with Crippen LogP contribution in [0.3, 0.4) is 0 Å². The SMILES string of the molecule is C/C=C\c1cnn2c(N)cc(C3CCCCC3)nc12.Cc1cccc(-c2cnn3c(N)cc(C4CCCCC4)nc23)c1.Cc1cnn2c(N)c(Br)c(C3CC[C@@H](N)C3)nc12.Cc1cnn2c(N)cc(C3CC[C@@H](N)C3)nc12.Cn1ccc(-c2cnn3c(N)c(Br)c(C4CCCCO4)nc23)c1.Nc1cc(C2CCCCC2)nc2c(-c3ccccc3)cnn12.O=C=O. The van der Waals surface area contributed by atoms with Crippen molar-refractivity contribution in [3.8, 4) is 33.4 Å². The molecule has 0 radical (unpaired) electrons. The third-order valence-electron chi connectivity index (χ3n) is 25.0. The summed E-state index contributed by atoms with van der Waals surface area (Å²) in [6.45, 7) is 8.86. The molecule has 5 saturated carbocycles. The second-order valence-electron chi connectivity index (χ2n) is 33.9. The molecular formula is C93H113Br2N27O3. The fraction of sp³-hybridized carbons (Fsp3) is 0.409. The van der Waals surface area contributed by atoms with Crippen LogP contribution in [-0.4, -0.2) is 117 Å². The highest BCUT2D eigenvalue weighted by atomic mass is 79.9. The summed E-state index contributed by atoms with van der Waals surface area (Å²) < 4.78 is 19.8. The predicted molar refractivity (Wildman–Crippen MR) is 498 cm³/mol. The van der Waals surface area contributed by atoms with Gasteiger partial charge in [0, 0.05) is 154 Å². The van der Waals surface area contributed by atoms with E-state index in [4.69, 9.17) is 85.1 Å². The third-order valence-corrected chi connectivity index (χ3v) is 26.6. The summed E-state index contributed by atoms with van der Waals surface area (Å²) in [4.78, 5) is 45.2. The molecule has 30 nitrogen and oxygen atoms in total. The number of anilines is 6. The summed E-state index contributed by atoms with van der Waals surface area (Å²) in [5, 5.41) is 26.0. The van der Waals surface area contributed by atoms with Gasteiger partial charge < -0.3 is 55.2 Å². The van der Waals surface area contributed by atoms with Crippen LogP contribution in [0.25, 0.3) is 73.3 Å². The van der Waals surface area contributed by atoms with Crippen LogP contribution in [0.4, 0.5) is 34.9 Å². The number of nitrogens with zero attached hydrogens (tertiary/aromatic N) is 19. The first-order chi connectivity index (χ1) is 60.6. The molecule has 0 amide bonds. The van der Waals surface area contributed by atoms with Crippen LogP contribution in [0.5, 0.6) is 0 Å². The molecule has 5 aliphatic carbocycles. The molecule has 5 atom stereocenters. The minimum atomic E-state index is -0.0102. The van der Waals surface area contributed by atoms with Crippen molar-refractivity contribution in [2.24, 2.45) is 18.5 Å². The van der Waals surface area contributed by atoms with E-state index in [1.165, 1.54) is 102 Å². The predicted octanol–water partition coefficient (Wildman–Crippen LogP) is 17.7. The van der Waals surface area contributed by atoms with Crippen molar-refractivity contribution in [3.05, 3.63) is 206 Å². The van der Waals surface area contributed by atoms with Crippen molar-refractivity contribution in [3.63, 3.8) is 0 Å². The van der Waals surface area contributed by atoms with Crippen molar-refractivity contribution >= 4 is 113 Å². The Morgan fingerprint density at radius 2 is 0.832 bits per heavy atom. The number of rotatable bonds is 10. The van der Waals surface area contributed by atoms with E-state index in [9.17, 15) is 0 Å². The molecule has 6 aliphatic rings. The topological polar surface area (TPSA) is 438 Å². The molecule has 15 aromatic rings. The maximum absolute atomic E-state index is 8.12. The Labute approximate surface area is 743 Å². The quantitative estimate of drug-likeness (QED) is 0.0630. The van der Waals surface area contributed by atoms with E-state index in [0.717, 1.165) is 191 Å². The summed E-state index contributed by atoms with van der Waals surface area (Å²) in [5.74, 6) is 6.35. The number of carbonyl (C=O) groups excluding carboxylic acids is 2. The number of fused-ring (bicyclic) bond motifs is 6. The summed E-state index contributed by atoms with van der Waals surface area (Å²) in [5.41, 5.74) is 71.1. The van der Waals surface area contributed by atoms with Gasteiger partial charge in [-0.2, -0.15) is 67.3 Å². The first-order valence-electron chi connectivity index (χ1n) is 43.8. The zero-order valence-corrected chi connectivity index (χ0v) is 74.9. The smallest absolute Gasteiger partial charge is 0.373 e. The zero-order chi connectivity index (χ0) is 87.5. The van der Waals surface area contributed by atoms with E-state index in [2.05, 4.69) is 111 Å². The first-order valence-corrected chi connectivity index (χ1v) is 45.4. The van der Waals surface area contributed by atoms with Gasteiger partial charge in [-0.25, -0.2) is 29.9 Å². The number of nitrogens with two attached hydrogens (primary N) is 8. The number of hydrogen-bond donors (Lipinski definition) is 8. The zero-order valence-electron chi connectivity index (χ0n) is 71.7. The number of aromatic nitrogens is 19. The van der Waals surface area contributed by atoms with Gasteiger partial charge >= 0.3 is 6.15 Å². The number of aryl methyl sites for hydroxylation is 4. The van der Waals surface area contributed by atoms with Gasteiger partial charge in [-0.1, -0.05) is 130 Å². The van der Waals surface area contributed by atoms with Gasteiger partial charge in [0.2, 0.25) is 0 Å². The summed E-state index contributed by atoms with van der Waals surface area (Å²) in [6, 6.07) is 29.3. The lowest BCUT2D eigenvalue weighted by molar-refractivity contribution is -0.191. The van der Waals surface area contributed by atoms with Crippen LogP contribution in [0.2, 0.25) is 0 Å². The Hall–Kier alpha value is -11.8. The molecule has 0 spiro atoms. The van der Waals surface area contributed by atoms with Crippen molar-refractivity contribution in [2.75, 3.05) is 41.0 Å². The molecule has 1 aliphatic heterocycles. The third kappa shape index (κ3) is 19.8. The van der Waals surface area contributed by atoms with E-state index in [1.54, 1.807) is 39.5 Å². The minimum absolute atomic E-state index is 0.0102. The van der Waals surface area contributed by atoms with E-state index >= 15 is 0 Å². The van der Waals surface area contributed by atoms with Crippen LogP contribution in [0.15, 0.2) is 150 Å². The van der Waals surface area contributed by atoms with Gasteiger partial charge in [0.05, 0.1) is 57.5 Å². The van der Waals surface area contributed by atoms with Gasteiger partial charge in [-0.15, -0.1) is 0 Å². The summed E-state index contributed by atoms with van der Waals surface area (Å²) >= 11 is 7.13. The highest BCUT2D eigenvalue weighted by molar-refractivity contribution is 9.11. The standard InChI is InChI=1S/C19H22N4.C18H20N4.C16H18BrN5O.C15H20N4.C12H16BrN5.C12H17N5.CO2/c1-13-6-5-9-15(10-13)16-12-21-23-18(20)11-17(22-19(16)23)14-7-3-2-4-8-14;19-17-11-16(14-9-5-2-6-10-14)21-18-15(12-20-22(17)18)13-7-3-1-4-8-13;1-21-6-5-10(9-21)11-8-19-22-15(18)13(17)14(20-16(11)22)12-4-2-3-7-23-12;1-2-6-12-10-17-19-14(16)9-13(18-15(12)19)11-7-4-3-5-8-11;1-6-5-16-18-11(15)9(13)10(17-12(6)18)7-2-3-8(14)4-7;1-7-6-15-17-11(14)5-10(16-12(7)17)8-2-3-9(13)4-8;2-1-3/h5-6,9-12,14H,2-4,7-8,20H2,1H3;1,3-4,7-8,11-12,14H,2,5-6,9-10,19H2;5-6,8-9,12H,2-4,7,18H2,1H3;2,6,9-11H,3-5,7-8,16H2,1H3;5,7-8H,2-4,14-15H2,1H3;5-6,8-9H,2-4,13-14H2,1H3;/b;;;6-2-;;;/t;;;;7?,8-;8?,9-;/m....11./s1. The van der Waals surface area contributed by atoms with Crippen molar-refractivity contribution < 1.29 is 14.3 Å². The lowest BCUT2D eigenvalue weighted by Gasteiger charge is -2.23. The van der Waals surface area contributed by atoms with E-state index in [-0.39, 0.29) is 18.3 Å². The average molecular weight is 1820 g/mol. The molecule has 2 aromatic carbocycles. The Balaban J connectivity index is 0.000000116. The normalized spacial score (nSPS) is 18.7. The molecule has 1 saturated heterocycles. The number of allylic oxidation sites excluding steroid dienone is 1. The van der Waals surface area contributed by atoms with Crippen molar-refractivity contribution in [2.45, 2.75) is 230 Å². The monoisotopic (exact) mass is 1810 g/mol. The number of halogens is 2. The maximum atomic E-state index is 8.12.